The lowest BCUT2D eigenvalue weighted by Gasteiger charge is -2.40. The summed E-state index contributed by atoms with van der Waals surface area (Å²) in [5, 5.41) is 0. The molecule has 1 atom stereocenters. The first kappa shape index (κ1) is 13.6. The van der Waals surface area contributed by atoms with E-state index in [-0.39, 0.29) is 5.79 Å². The number of likely N-dealkylation sites (tertiary alicyclic amines) is 1. The maximum atomic E-state index is 5.88. The normalized spacial score (nSPS) is 28.3. The zero-order valence-electron chi connectivity index (χ0n) is 12.4. The number of rotatable bonds is 2. The van der Waals surface area contributed by atoms with Gasteiger partial charge in [0.1, 0.15) is 5.75 Å². The average molecular weight is 289 g/mol. The molecule has 114 valence electrons. The van der Waals surface area contributed by atoms with Gasteiger partial charge >= 0.3 is 0 Å². The Morgan fingerprint density at radius 1 is 1.14 bits per heavy atom. The van der Waals surface area contributed by atoms with Crippen LogP contribution in [0.4, 0.5) is 0 Å². The number of ether oxygens (including phenoxy) is 3. The van der Waals surface area contributed by atoms with Gasteiger partial charge in [-0.15, -0.1) is 0 Å². The third-order valence-corrected chi connectivity index (χ3v) is 4.87. The van der Waals surface area contributed by atoms with E-state index in [2.05, 4.69) is 29.2 Å². The van der Waals surface area contributed by atoms with Crippen molar-refractivity contribution < 1.29 is 14.2 Å². The zero-order chi connectivity index (χ0) is 14.1. The predicted molar refractivity (Wildman–Crippen MR) is 79.6 cm³/mol. The van der Waals surface area contributed by atoms with Crippen LogP contribution in [-0.2, 0) is 9.47 Å². The summed E-state index contributed by atoms with van der Waals surface area (Å²) in [4.78, 5) is 2.52. The summed E-state index contributed by atoms with van der Waals surface area (Å²) >= 11 is 0. The lowest BCUT2D eigenvalue weighted by atomic mass is 9.91. The number of piperidine rings is 1. The van der Waals surface area contributed by atoms with Crippen LogP contribution in [-0.4, -0.2) is 50.1 Å². The van der Waals surface area contributed by atoms with Crippen molar-refractivity contribution in [3.05, 3.63) is 29.8 Å². The Hall–Kier alpha value is -1.10. The summed E-state index contributed by atoms with van der Waals surface area (Å²) in [5.41, 5.74) is 1.36. The molecule has 3 aliphatic rings. The molecule has 3 aliphatic heterocycles. The minimum absolute atomic E-state index is 0.317. The third kappa shape index (κ3) is 2.68. The highest BCUT2D eigenvalue weighted by molar-refractivity contribution is 5.37. The van der Waals surface area contributed by atoms with Crippen LogP contribution in [0.3, 0.4) is 0 Å². The Kier molecular flexibility index (Phi) is 3.61. The van der Waals surface area contributed by atoms with E-state index in [1.54, 1.807) is 0 Å². The molecule has 4 heteroatoms. The Balaban J connectivity index is 1.46. The molecule has 2 fully saturated rings. The Bertz CT molecular complexity index is 499. The van der Waals surface area contributed by atoms with Gasteiger partial charge in [-0.2, -0.15) is 0 Å². The van der Waals surface area contributed by atoms with Crippen LogP contribution >= 0.6 is 0 Å². The second-order valence-electron chi connectivity index (χ2n) is 6.32. The molecule has 1 aromatic carbocycles. The molecule has 0 aliphatic carbocycles. The van der Waals surface area contributed by atoms with Crippen LogP contribution in [0.25, 0.3) is 0 Å². The number of para-hydroxylation sites is 1. The molecule has 0 amide bonds. The van der Waals surface area contributed by atoms with Gasteiger partial charge in [0.2, 0.25) is 0 Å². The van der Waals surface area contributed by atoms with E-state index < -0.39 is 0 Å². The molecule has 21 heavy (non-hydrogen) atoms. The van der Waals surface area contributed by atoms with Crippen molar-refractivity contribution in [1.29, 1.82) is 0 Å². The molecule has 3 heterocycles. The second-order valence-corrected chi connectivity index (χ2v) is 6.32. The van der Waals surface area contributed by atoms with Crippen LogP contribution in [0, 0.1) is 0 Å². The summed E-state index contributed by atoms with van der Waals surface area (Å²) in [7, 11) is 0. The predicted octanol–water partition coefficient (Wildman–Crippen LogP) is 2.39. The van der Waals surface area contributed by atoms with Gasteiger partial charge < -0.3 is 14.2 Å². The molecule has 1 spiro atoms. The van der Waals surface area contributed by atoms with E-state index in [0.29, 0.717) is 5.92 Å². The Morgan fingerprint density at radius 3 is 2.90 bits per heavy atom. The second kappa shape index (κ2) is 5.59. The topological polar surface area (TPSA) is 30.9 Å². The molecule has 0 radical (unpaired) electrons. The van der Waals surface area contributed by atoms with Crippen LogP contribution < -0.4 is 4.74 Å². The van der Waals surface area contributed by atoms with Gasteiger partial charge in [0.15, 0.2) is 5.79 Å². The van der Waals surface area contributed by atoms with Crippen molar-refractivity contribution in [2.45, 2.75) is 31.0 Å². The summed E-state index contributed by atoms with van der Waals surface area (Å²) in [6.07, 6.45) is 3.29. The van der Waals surface area contributed by atoms with Gasteiger partial charge in [-0.1, -0.05) is 18.2 Å². The van der Waals surface area contributed by atoms with Gasteiger partial charge in [-0.3, -0.25) is 4.90 Å². The third-order valence-electron chi connectivity index (χ3n) is 4.87. The highest BCUT2D eigenvalue weighted by atomic mass is 16.7. The van der Waals surface area contributed by atoms with Crippen molar-refractivity contribution in [2.24, 2.45) is 0 Å². The summed E-state index contributed by atoms with van der Waals surface area (Å²) in [6.45, 7) is 5.45. The summed E-state index contributed by atoms with van der Waals surface area (Å²) in [5.74, 6) is 1.31. The maximum absolute atomic E-state index is 5.88. The first-order valence-electron chi connectivity index (χ1n) is 8.07. The van der Waals surface area contributed by atoms with E-state index in [1.807, 2.05) is 0 Å². The smallest absolute Gasteiger partial charge is 0.181 e. The molecule has 0 aromatic heterocycles. The van der Waals surface area contributed by atoms with Crippen LogP contribution in [0.1, 0.15) is 30.7 Å². The van der Waals surface area contributed by atoms with Crippen molar-refractivity contribution in [3.63, 3.8) is 0 Å². The standard InChI is InChI=1S/C17H23NO3/c1-2-5-16-15(4-1)14(6-9-19-16)12-18-8-3-7-17(13-18)20-10-11-21-17/h1-2,4-5,14H,3,6-13H2. The van der Waals surface area contributed by atoms with Crippen LogP contribution in [0.5, 0.6) is 5.75 Å². The highest BCUT2D eigenvalue weighted by Gasteiger charge is 2.41. The monoisotopic (exact) mass is 289 g/mol. The quantitative estimate of drug-likeness (QED) is 0.836. The summed E-state index contributed by atoms with van der Waals surface area (Å²) in [6, 6.07) is 8.46. The molecular weight excluding hydrogens is 266 g/mol. The lowest BCUT2D eigenvalue weighted by Crippen LogP contribution is -2.50. The SMILES string of the molecule is c1ccc2c(c1)OCCC2CN1CCCC2(C1)OCCO2. The number of fused-ring (bicyclic) bond motifs is 1. The minimum atomic E-state index is -0.317. The van der Waals surface area contributed by atoms with E-state index >= 15 is 0 Å². The largest absolute Gasteiger partial charge is 0.493 e. The zero-order valence-corrected chi connectivity index (χ0v) is 12.4. The van der Waals surface area contributed by atoms with Crippen molar-refractivity contribution >= 4 is 0 Å². The molecule has 0 bridgehead atoms. The average Bonchev–Trinajstić information content (AvgIpc) is 2.95. The van der Waals surface area contributed by atoms with Gasteiger partial charge in [-0.25, -0.2) is 0 Å². The Labute approximate surface area is 126 Å². The molecular formula is C17H23NO3. The number of nitrogens with zero attached hydrogens (tertiary/aromatic N) is 1. The van der Waals surface area contributed by atoms with E-state index in [0.717, 1.165) is 64.5 Å². The fourth-order valence-electron chi connectivity index (χ4n) is 3.88. The molecule has 0 N–H and O–H groups in total. The van der Waals surface area contributed by atoms with Crippen LogP contribution in [0.15, 0.2) is 24.3 Å². The van der Waals surface area contributed by atoms with E-state index in [9.17, 15) is 0 Å². The lowest BCUT2D eigenvalue weighted by molar-refractivity contribution is -0.189. The Morgan fingerprint density at radius 2 is 2.00 bits per heavy atom. The molecule has 2 saturated heterocycles. The van der Waals surface area contributed by atoms with Crippen molar-refractivity contribution in [2.75, 3.05) is 39.5 Å². The maximum Gasteiger partial charge on any atom is 0.181 e. The number of hydrogen-bond donors (Lipinski definition) is 0. The minimum Gasteiger partial charge on any atom is -0.493 e. The van der Waals surface area contributed by atoms with Gasteiger partial charge in [0, 0.05) is 18.9 Å². The van der Waals surface area contributed by atoms with E-state index in [1.165, 1.54) is 5.56 Å². The van der Waals surface area contributed by atoms with Crippen LogP contribution in [0.2, 0.25) is 0 Å². The highest BCUT2D eigenvalue weighted by Crippen LogP contribution is 2.36. The summed E-state index contributed by atoms with van der Waals surface area (Å²) < 4.78 is 17.5. The molecule has 4 rings (SSSR count). The number of hydrogen-bond acceptors (Lipinski definition) is 4. The van der Waals surface area contributed by atoms with Gasteiger partial charge in [0.05, 0.1) is 26.4 Å². The fraction of sp³-hybridized carbons (Fsp3) is 0.647. The van der Waals surface area contributed by atoms with E-state index in [4.69, 9.17) is 14.2 Å². The molecule has 0 saturated carbocycles. The molecule has 1 unspecified atom stereocenters. The van der Waals surface area contributed by atoms with Crippen molar-refractivity contribution in [3.8, 4) is 5.75 Å². The first-order chi connectivity index (χ1) is 10.3. The first-order valence-corrected chi connectivity index (χ1v) is 8.07. The van der Waals surface area contributed by atoms with Gasteiger partial charge in [-0.05, 0) is 31.0 Å². The van der Waals surface area contributed by atoms with Crippen molar-refractivity contribution in [1.82, 2.24) is 4.90 Å². The molecule has 4 nitrogen and oxygen atoms in total. The fourth-order valence-corrected chi connectivity index (χ4v) is 3.88. The number of benzene rings is 1. The molecule has 1 aromatic rings. The van der Waals surface area contributed by atoms with Gasteiger partial charge in [0.25, 0.3) is 0 Å².